The van der Waals surface area contributed by atoms with Crippen molar-refractivity contribution in [2.75, 3.05) is 11.1 Å². The van der Waals surface area contributed by atoms with E-state index in [1.165, 1.54) is 11.3 Å². The molecule has 18 heavy (non-hydrogen) atoms. The summed E-state index contributed by atoms with van der Waals surface area (Å²) in [5, 5.41) is 2.84. The number of amides is 1. The average molecular weight is 260 g/mol. The summed E-state index contributed by atoms with van der Waals surface area (Å²) in [6.07, 6.45) is 0. The first kappa shape index (κ1) is 12.6. The number of hydrogen-bond donors (Lipinski definition) is 2. The molecule has 3 N–H and O–H groups in total. The van der Waals surface area contributed by atoms with Crippen LogP contribution in [0.3, 0.4) is 0 Å². The number of hydrogen-bond acceptors (Lipinski definition) is 3. The monoisotopic (exact) mass is 260 g/mol. The molecule has 0 spiro atoms. The summed E-state index contributed by atoms with van der Waals surface area (Å²) in [4.78, 5) is 13.9. The Hall–Kier alpha value is -1.81. The number of thiophene rings is 1. The number of rotatable bonds is 2. The fourth-order valence-electron chi connectivity index (χ4n) is 1.66. The van der Waals surface area contributed by atoms with Crippen molar-refractivity contribution in [1.82, 2.24) is 0 Å². The van der Waals surface area contributed by atoms with Gasteiger partial charge in [0, 0.05) is 4.88 Å². The first-order valence-corrected chi connectivity index (χ1v) is 6.53. The van der Waals surface area contributed by atoms with E-state index in [9.17, 15) is 4.79 Å². The lowest BCUT2D eigenvalue weighted by atomic mass is 10.2. The second-order valence-electron chi connectivity index (χ2n) is 4.39. The Morgan fingerprint density at radius 2 is 1.94 bits per heavy atom. The predicted molar refractivity (Wildman–Crippen MR) is 77.3 cm³/mol. The van der Waals surface area contributed by atoms with Crippen LogP contribution in [0.2, 0.25) is 0 Å². The lowest BCUT2D eigenvalue weighted by molar-refractivity contribution is 0.103. The van der Waals surface area contributed by atoms with Crippen LogP contribution in [-0.2, 0) is 0 Å². The van der Waals surface area contributed by atoms with E-state index in [1.54, 1.807) is 0 Å². The van der Waals surface area contributed by atoms with E-state index < -0.39 is 0 Å². The second-order valence-corrected chi connectivity index (χ2v) is 5.65. The van der Waals surface area contributed by atoms with Gasteiger partial charge in [-0.15, -0.1) is 11.3 Å². The average Bonchev–Trinajstić information content (AvgIpc) is 2.63. The molecule has 0 aliphatic carbocycles. The summed E-state index contributed by atoms with van der Waals surface area (Å²) in [6, 6.07) is 7.51. The Morgan fingerprint density at radius 1 is 1.22 bits per heavy atom. The van der Waals surface area contributed by atoms with Crippen LogP contribution in [0.4, 0.5) is 11.4 Å². The van der Waals surface area contributed by atoms with Crippen molar-refractivity contribution in [2.45, 2.75) is 20.8 Å². The minimum absolute atomic E-state index is 0.105. The van der Waals surface area contributed by atoms with Gasteiger partial charge in [-0.25, -0.2) is 0 Å². The molecule has 0 radical (unpaired) electrons. The maximum Gasteiger partial charge on any atom is 0.265 e. The fraction of sp³-hybridized carbons (Fsp3) is 0.214. The van der Waals surface area contributed by atoms with Gasteiger partial charge in [0.15, 0.2) is 0 Å². The van der Waals surface area contributed by atoms with E-state index in [0.717, 1.165) is 16.0 Å². The Morgan fingerprint density at radius 3 is 2.50 bits per heavy atom. The number of nitrogen functional groups attached to an aromatic ring is 1. The van der Waals surface area contributed by atoms with Crippen LogP contribution in [0.15, 0.2) is 24.3 Å². The number of nitrogens with two attached hydrogens (primary N) is 1. The fourth-order valence-corrected chi connectivity index (χ4v) is 2.59. The van der Waals surface area contributed by atoms with Gasteiger partial charge in [-0.1, -0.05) is 6.07 Å². The van der Waals surface area contributed by atoms with Crippen LogP contribution < -0.4 is 11.1 Å². The van der Waals surface area contributed by atoms with Gasteiger partial charge in [0.05, 0.1) is 16.3 Å². The maximum atomic E-state index is 12.1. The number of carbonyl (C=O) groups is 1. The van der Waals surface area contributed by atoms with E-state index in [1.807, 2.05) is 45.0 Å². The summed E-state index contributed by atoms with van der Waals surface area (Å²) < 4.78 is 0. The van der Waals surface area contributed by atoms with E-state index in [0.29, 0.717) is 16.3 Å². The predicted octanol–water partition coefficient (Wildman–Crippen LogP) is 3.51. The zero-order chi connectivity index (χ0) is 13.3. The zero-order valence-electron chi connectivity index (χ0n) is 10.7. The Bertz CT molecular complexity index is 582. The molecule has 0 unspecified atom stereocenters. The SMILES string of the molecule is Cc1ccc(NC(=O)c2cc(C)c(C)s2)c(N)c1. The summed E-state index contributed by atoms with van der Waals surface area (Å²) in [6.45, 7) is 5.98. The topological polar surface area (TPSA) is 55.1 Å². The van der Waals surface area contributed by atoms with E-state index in [4.69, 9.17) is 5.73 Å². The minimum Gasteiger partial charge on any atom is -0.397 e. The standard InChI is InChI=1S/C14H16N2OS/c1-8-4-5-12(11(15)6-8)16-14(17)13-7-9(2)10(3)18-13/h4-7H,15H2,1-3H3,(H,16,17). The molecule has 2 rings (SSSR count). The quantitative estimate of drug-likeness (QED) is 0.812. The van der Waals surface area contributed by atoms with Gasteiger partial charge in [0.2, 0.25) is 0 Å². The van der Waals surface area contributed by atoms with Crippen molar-refractivity contribution in [3.8, 4) is 0 Å². The van der Waals surface area contributed by atoms with Crippen molar-refractivity contribution >= 4 is 28.6 Å². The first-order chi connectivity index (χ1) is 8.47. The summed E-state index contributed by atoms with van der Waals surface area (Å²) in [7, 11) is 0. The Labute approximate surface area is 111 Å². The van der Waals surface area contributed by atoms with E-state index >= 15 is 0 Å². The number of benzene rings is 1. The van der Waals surface area contributed by atoms with E-state index in [-0.39, 0.29) is 5.91 Å². The highest BCUT2D eigenvalue weighted by Gasteiger charge is 2.11. The third-order valence-electron chi connectivity index (χ3n) is 2.85. The number of aryl methyl sites for hydroxylation is 3. The molecule has 0 bridgehead atoms. The van der Waals surface area contributed by atoms with Gasteiger partial charge in [-0.05, 0) is 50.1 Å². The van der Waals surface area contributed by atoms with Crippen LogP contribution in [0.5, 0.6) is 0 Å². The molecule has 4 heteroatoms. The van der Waals surface area contributed by atoms with Crippen LogP contribution >= 0.6 is 11.3 Å². The minimum atomic E-state index is -0.105. The van der Waals surface area contributed by atoms with Crippen LogP contribution in [0.25, 0.3) is 0 Å². The normalized spacial score (nSPS) is 10.4. The van der Waals surface area contributed by atoms with Crippen molar-refractivity contribution in [1.29, 1.82) is 0 Å². The molecular weight excluding hydrogens is 244 g/mol. The second kappa shape index (κ2) is 4.82. The van der Waals surface area contributed by atoms with Crippen molar-refractivity contribution in [3.05, 3.63) is 45.1 Å². The lowest BCUT2D eigenvalue weighted by Crippen LogP contribution is -2.11. The molecule has 0 atom stereocenters. The molecule has 1 heterocycles. The number of anilines is 2. The summed E-state index contributed by atoms with van der Waals surface area (Å²) in [5.74, 6) is -0.105. The summed E-state index contributed by atoms with van der Waals surface area (Å²) in [5.41, 5.74) is 9.34. The van der Waals surface area contributed by atoms with Gasteiger partial charge >= 0.3 is 0 Å². The Balaban J connectivity index is 2.21. The molecule has 0 aliphatic rings. The molecule has 94 valence electrons. The van der Waals surface area contributed by atoms with Crippen molar-refractivity contribution in [2.24, 2.45) is 0 Å². The molecule has 1 aromatic carbocycles. The number of carbonyl (C=O) groups excluding carboxylic acids is 1. The van der Waals surface area contributed by atoms with Gasteiger partial charge in [0.1, 0.15) is 0 Å². The molecule has 3 nitrogen and oxygen atoms in total. The lowest BCUT2D eigenvalue weighted by Gasteiger charge is -2.07. The molecule has 1 amide bonds. The van der Waals surface area contributed by atoms with Gasteiger partial charge in [-0.2, -0.15) is 0 Å². The Kier molecular flexibility index (Phi) is 3.39. The molecular formula is C14H16N2OS. The third kappa shape index (κ3) is 2.54. The summed E-state index contributed by atoms with van der Waals surface area (Å²) >= 11 is 1.50. The largest absolute Gasteiger partial charge is 0.397 e. The molecule has 0 fully saturated rings. The van der Waals surface area contributed by atoms with Crippen molar-refractivity contribution < 1.29 is 4.79 Å². The highest BCUT2D eigenvalue weighted by atomic mass is 32.1. The molecule has 0 aliphatic heterocycles. The van der Waals surface area contributed by atoms with Gasteiger partial charge < -0.3 is 11.1 Å². The molecule has 0 saturated carbocycles. The van der Waals surface area contributed by atoms with E-state index in [2.05, 4.69) is 5.32 Å². The first-order valence-electron chi connectivity index (χ1n) is 5.72. The highest BCUT2D eigenvalue weighted by molar-refractivity contribution is 7.14. The molecule has 1 aromatic heterocycles. The third-order valence-corrected chi connectivity index (χ3v) is 4.00. The number of nitrogens with one attached hydrogen (secondary N) is 1. The van der Waals surface area contributed by atoms with Gasteiger partial charge in [0.25, 0.3) is 5.91 Å². The maximum absolute atomic E-state index is 12.1. The smallest absolute Gasteiger partial charge is 0.265 e. The van der Waals surface area contributed by atoms with Crippen LogP contribution in [0.1, 0.15) is 25.7 Å². The zero-order valence-corrected chi connectivity index (χ0v) is 11.5. The van der Waals surface area contributed by atoms with Crippen LogP contribution in [-0.4, -0.2) is 5.91 Å². The van der Waals surface area contributed by atoms with Crippen LogP contribution in [0, 0.1) is 20.8 Å². The molecule has 2 aromatic rings. The van der Waals surface area contributed by atoms with Crippen molar-refractivity contribution in [3.63, 3.8) is 0 Å². The highest BCUT2D eigenvalue weighted by Crippen LogP contribution is 2.24. The molecule has 0 saturated heterocycles. The van der Waals surface area contributed by atoms with Gasteiger partial charge in [-0.3, -0.25) is 4.79 Å².